The topological polar surface area (TPSA) is 24.4 Å². The molecule has 0 aliphatic heterocycles. The second-order valence-corrected chi connectivity index (χ2v) is 16.6. The van der Waals surface area contributed by atoms with Gasteiger partial charge in [-0.1, -0.05) is 40.4 Å². The maximum absolute atomic E-state index is 4.94. The molecule has 0 heterocycles. The summed E-state index contributed by atoms with van der Waals surface area (Å²) in [6, 6.07) is 0. The normalized spacial score (nSPS) is 15.4. The summed E-state index contributed by atoms with van der Waals surface area (Å²) >= 11 is 0. The van der Waals surface area contributed by atoms with Gasteiger partial charge in [0.25, 0.3) is 0 Å². The highest BCUT2D eigenvalue weighted by Gasteiger charge is 2.26. The number of nitrogens with one attached hydrogen (secondary N) is 1. The number of hydrogen-bond acceptors (Lipinski definition) is 1. The zero-order valence-electron chi connectivity index (χ0n) is 11.9. The molecular formula is C11H28N2Si2. The Hall–Kier alpha value is -0.0962. The van der Waals surface area contributed by atoms with Gasteiger partial charge in [-0.25, -0.2) is 0 Å². The first-order valence-electron chi connectivity index (χ1n) is 5.70. The van der Waals surface area contributed by atoms with Gasteiger partial charge in [0.05, 0.1) is 5.84 Å². The summed E-state index contributed by atoms with van der Waals surface area (Å²) in [5, 5.41) is 0. The Bertz CT molecular complexity index is 239. The highest BCUT2D eigenvalue weighted by atomic mass is 28.3. The minimum atomic E-state index is -1.38. The van der Waals surface area contributed by atoms with Crippen molar-refractivity contribution in [3.05, 3.63) is 0 Å². The van der Waals surface area contributed by atoms with E-state index < -0.39 is 16.5 Å². The lowest BCUT2D eigenvalue weighted by Gasteiger charge is -2.31. The van der Waals surface area contributed by atoms with Crippen molar-refractivity contribution < 1.29 is 0 Å². The van der Waals surface area contributed by atoms with E-state index in [9.17, 15) is 0 Å². The largest absolute Gasteiger partial charge is 0.400 e. The Morgan fingerprint density at radius 2 is 1.33 bits per heavy atom. The van der Waals surface area contributed by atoms with Gasteiger partial charge in [0.1, 0.15) is 8.24 Å². The fourth-order valence-electron chi connectivity index (χ4n) is 1.07. The second-order valence-electron chi connectivity index (χ2n) is 7.26. The summed E-state index contributed by atoms with van der Waals surface area (Å²) in [5.41, 5.74) is 0.139. The minimum Gasteiger partial charge on any atom is -0.400 e. The predicted molar refractivity (Wildman–Crippen MR) is 76.7 cm³/mol. The number of hydrogen-bond donors (Lipinski definition) is 1. The molecule has 0 aliphatic carbocycles. The van der Waals surface area contributed by atoms with E-state index in [2.05, 4.69) is 65.0 Å². The molecule has 0 rings (SSSR count). The van der Waals surface area contributed by atoms with E-state index in [4.69, 9.17) is 4.66 Å². The molecule has 0 atom stereocenters. The summed E-state index contributed by atoms with van der Waals surface area (Å²) in [5.74, 6) is 1.21. The van der Waals surface area contributed by atoms with Crippen LogP contribution in [-0.4, -0.2) is 22.3 Å². The maximum atomic E-state index is 4.94. The smallest absolute Gasteiger partial charge is 0.174 e. The zero-order chi connectivity index (χ0) is 12.5. The van der Waals surface area contributed by atoms with Gasteiger partial charge in [0.2, 0.25) is 0 Å². The molecule has 0 spiro atoms. The fourth-order valence-corrected chi connectivity index (χ4v) is 3.39. The molecule has 0 amide bonds. The summed E-state index contributed by atoms with van der Waals surface area (Å²) in [6.07, 6.45) is 0. The van der Waals surface area contributed by atoms with Crippen LogP contribution in [-0.2, 0) is 0 Å². The molecule has 0 aromatic rings. The zero-order valence-corrected chi connectivity index (χ0v) is 13.9. The molecule has 4 heteroatoms. The van der Waals surface area contributed by atoms with Gasteiger partial charge < -0.3 is 9.64 Å². The first kappa shape index (κ1) is 14.9. The number of rotatable bonds is 2. The van der Waals surface area contributed by atoms with Crippen LogP contribution in [0.2, 0.25) is 39.3 Å². The lowest BCUT2D eigenvalue weighted by Crippen LogP contribution is -2.51. The molecule has 0 saturated heterocycles. The van der Waals surface area contributed by atoms with Gasteiger partial charge >= 0.3 is 0 Å². The second kappa shape index (κ2) is 4.41. The van der Waals surface area contributed by atoms with Crippen LogP contribution < -0.4 is 4.98 Å². The summed E-state index contributed by atoms with van der Waals surface area (Å²) in [4.78, 5) is 3.68. The lowest BCUT2D eigenvalue weighted by atomic mass is 9.96. The van der Waals surface area contributed by atoms with Gasteiger partial charge in [-0.2, -0.15) is 0 Å². The van der Waals surface area contributed by atoms with Crippen LogP contribution in [0, 0.1) is 5.41 Å². The SMILES string of the molecule is CC(C)(C)/C(=N/[Si](C)(C)C)N[Si](C)(C)C. The molecule has 0 fully saturated rings. The molecule has 1 N–H and O–H groups in total. The average molecular weight is 245 g/mol. The van der Waals surface area contributed by atoms with Crippen LogP contribution in [0.25, 0.3) is 0 Å². The Morgan fingerprint density at radius 1 is 0.933 bits per heavy atom. The van der Waals surface area contributed by atoms with Crippen molar-refractivity contribution in [2.24, 2.45) is 10.1 Å². The van der Waals surface area contributed by atoms with Crippen molar-refractivity contribution in [2.45, 2.75) is 60.1 Å². The van der Waals surface area contributed by atoms with Crippen LogP contribution in [0.5, 0.6) is 0 Å². The molecule has 15 heavy (non-hydrogen) atoms. The molecule has 0 radical (unpaired) electrons. The summed E-state index contributed by atoms with van der Waals surface area (Å²) < 4.78 is 4.94. The molecular weight excluding hydrogens is 216 g/mol. The van der Waals surface area contributed by atoms with Crippen molar-refractivity contribution >= 4 is 22.3 Å². The van der Waals surface area contributed by atoms with E-state index in [1.807, 2.05) is 0 Å². The van der Waals surface area contributed by atoms with Crippen molar-refractivity contribution in [1.29, 1.82) is 0 Å². The van der Waals surface area contributed by atoms with Gasteiger partial charge in [-0.15, -0.1) is 0 Å². The third kappa shape index (κ3) is 7.79. The molecule has 0 bridgehead atoms. The maximum Gasteiger partial charge on any atom is 0.174 e. The predicted octanol–water partition coefficient (Wildman–Crippen LogP) is 3.69. The quantitative estimate of drug-likeness (QED) is 0.447. The standard InChI is InChI=1S/C11H28N2Si2/c1-11(2,3)10(12-14(4,5)6)13-15(7,8)9/h1-9H3,(H,12,13). The van der Waals surface area contributed by atoms with E-state index in [0.717, 1.165) is 0 Å². The first-order valence-corrected chi connectivity index (χ1v) is 12.6. The van der Waals surface area contributed by atoms with Crippen LogP contribution >= 0.6 is 0 Å². The Labute approximate surface area is 97.8 Å². The minimum absolute atomic E-state index is 0.139. The van der Waals surface area contributed by atoms with Crippen molar-refractivity contribution in [1.82, 2.24) is 4.98 Å². The van der Waals surface area contributed by atoms with E-state index in [-0.39, 0.29) is 5.41 Å². The monoisotopic (exact) mass is 244 g/mol. The van der Waals surface area contributed by atoms with Gasteiger partial charge in [0, 0.05) is 5.41 Å². The molecule has 0 aliphatic rings. The number of amidine groups is 1. The summed E-state index contributed by atoms with van der Waals surface area (Å²) in [6.45, 7) is 20.5. The van der Waals surface area contributed by atoms with Crippen molar-refractivity contribution in [3.63, 3.8) is 0 Å². The van der Waals surface area contributed by atoms with Crippen LogP contribution in [0.3, 0.4) is 0 Å². The Morgan fingerprint density at radius 3 is 1.53 bits per heavy atom. The van der Waals surface area contributed by atoms with Crippen LogP contribution in [0.1, 0.15) is 20.8 Å². The average Bonchev–Trinajstić information content (AvgIpc) is 1.75. The number of nitrogens with zero attached hydrogens (tertiary/aromatic N) is 1. The molecule has 0 unspecified atom stereocenters. The van der Waals surface area contributed by atoms with Crippen LogP contribution in [0.15, 0.2) is 4.66 Å². The third-order valence-corrected chi connectivity index (χ3v) is 3.53. The highest BCUT2D eigenvalue weighted by molar-refractivity contribution is 6.78. The molecule has 2 nitrogen and oxygen atoms in total. The lowest BCUT2D eigenvalue weighted by molar-refractivity contribution is 0.579. The van der Waals surface area contributed by atoms with Gasteiger partial charge in [-0.05, 0) is 19.6 Å². The van der Waals surface area contributed by atoms with E-state index >= 15 is 0 Å². The third-order valence-electron chi connectivity index (χ3n) is 1.65. The fraction of sp³-hybridized carbons (Fsp3) is 0.909. The van der Waals surface area contributed by atoms with E-state index in [1.165, 1.54) is 5.84 Å². The highest BCUT2D eigenvalue weighted by Crippen LogP contribution is 2.18. The van der Waals surface area contributed by atoms with Gasteiger partial charge in [-0.3, -0.25) is 0 Å². The Balaban J connectivity index is 5.02. The summed E-state index contributed by atoms with van der Waals surface area (Å²) in [7, 11) is -2.67. The molecule has 0 aromatic carbocycles. The van der Waals surface area contributed by atoms with Crippen LogP contribution in [0.4, 0.5) is 0 Å². The molecule has 0 aromatic heterocycles. The first-order chi connectivity index (χ1) is 6.31. The molecule has 90 valence electrons. The molecule has 0 saturated carbocycles. The van der Waals surface area contributed by atoms with E-state index in [0.29, 0.717) is 0 Å². The van der Waals surface area contributed by atoms with Gasteiger partial charge in [0.15, 0.2) is 8.24 Å². The van der Waals surface area contributed by atoms with Crippen molar-refractivity contribution in [3.8, 4) is 0 Å². The van der Waals surface area contributed by atoms with E-state index in [1.54, 1.807) is 0 Å². The Kier molecular flexibility index (Phi) is 4.38. The van der Waals surface area contributed by atoms with Crippen molar-refractivity contribution in [2.75, 3.05) is 0 Å².